The van der Waals surface area contributed by atoms with Crippen LogP contribution in [0.4, 0.5) is 8.78 Å². The van der Waals surface area contributed by atoms with E-state index in [0.717, 1.165) is 12.1 Å². The summed E-state index contributed by atoms with van der Waals surface area (Å²) in [5.41, 5.74) is 0.430. The Balaban J connectivity index is 1.66. The van der Waals surface area contributed by atoms with Gasteiger partial charge in [0.05, 0.1) is 21.3 Å². The molecule has 1 heterocycles. The molecule has 2 aromatic rings. The van der Waals surface area contributed by atoms with Gasteiger partial charge in [-0.05, 0) is 24.3 Å². The van der Waals surface area contributed by atoms with Gasteiger partial charge in [0.2, 0.25) is 5.75 Å². The number of halogens is 2. The van der Waals surface area contributed by atoms with E-state index in [9.17, 15) is 13.6 Å². The average molecular weight is 407 g/mol. The zero-order valence-electron chi connectivity index (χ0n) is 16.5. The fraction of sp³-hybridized carbons (Fsp3) is 0.381. The second kappa shape index (κ2) is 8.98. The number of hydrogen-bond acceptors (Lipinski definition) is 5. The number of nitrogens with zero attached hydrogens (tertiary/aromatic N) is 1. The third-order valence-electron chi connectivity index (χ3n) is 4.83. The summed E-state index contributed by atoms with van der Waals surface area (Å²) < 4.78 is 48.0. The largest absolute Gasteiger partial charge is 0.493 e. The fourth-order valence-electron chi connectivity index (χ4n) is 3.31. The lowest BCUT2D eigenvalue weighted by Gasteiger charge is -2.32. The van der Waals surface area contributed by atoms with Crippen LogP contribution in [0, 0.1) is 11.6 Å². The molecule has 1 saturated heterocycles. The number of likely N-dealkylation sites (tertiary alicyclic amines) is 1. The topological polar surface area (TPSA) is 57.2 Å². The van der Waals surface area contributed by atoms with Gasteiger partial charge in [-0.15, -0.1) is 0 Å². The summed E-state index contributed by atoms with van der Waals surface area (Å²) in [6.45, 7) is 0.952. The number of ether oxygens (including phenoxy) is 4. The molecule has 1 aliphatic rings. The highest BCUT2D eigenvalue weighted by molar-refractivity contribution is 5.95. The molecule has 1 aliphatic heterocycles. The maximum Gasteiger partial charge on any atom is 0.254 e. The highest BCUT2D eigenvalue weighted by Gasteiger charge is 2.26. The molecule has 156 valence electrons. The van der Waals surface area contributed by atoms with Crippen molar-refractivity contribution in [1.82, 2.24) is 4.90 Å². The Morgan fingerprint density at radius 1 is 0.931 bits per heavy atom. The molecule has 0 aromatic heterocycles. The van der Waals surface area contributed by atoms with Gasteiger partial charge in [-0.3, -0.25) is 4.79 Å². The standard InChI is InChI=1S/C21H23F2NO5/c1-26-18-10-13(11-19(27-2)20(18)28-3)21(25)24-8-6-14(7-9-24)29-15-4-5-16(22)17(23)12-15/h4-5,10-12,14H,6-9H2,1-3H3. The van der Waals surface area contributed by atoms with E-state index in [4.69, 9.17) is 18.9 Å². The van der Waals surface area contributed by atoms with Gasteiger partial charge < -0.3 is 23.8 Å². The van der Waals surface area contributed by atoms with Gasteiger partial charge in [0.1, 0.15) is 11.9 Å². The number of rotatable bonds is 6. The van der Waals surface area contributed by atoms with E-state index in [1.165, 1.54) is 27.4 Å². The second-order valence-electron chi connectivity index (χ2n) is 6.60. The summed E-state index contributed by atoms with van der Waals surface area (Å²) in [6.07, 6.45) is 0.980. The van der Waals surface area contributed by atoms with Crippen LogP contribution in [0.5, 0.6) is 23.0 Å². The molecule has 0 atom stereocenters. The van der Waals surface area contributed by atoms with Crippen molar-refractivity contribution < 1.29 is 32.5 Å². The van der Waals surface area contributed by atoms with Crippen LogP contribution in [-0.2, 0) is 0 Å². The molecule has 0 saturated carbocycles. The highest BCUT2D eigenvalue weighted by Crippen LogP contribution is 2.38. The predicted octanol–water partition coefficient (Wildman–Crippen LogP) is 3.67. The van der Waals surface area contributed by atoms with Crippen LogP contribution in [0.2, 0.25) is 0 Å². The van der Waals surface area contributed by atoms with Crippen LogP contribution in [0.25, 0.3) is 0 Å². The number of carbonyl (C=O) groups excluding carboxylic acids is 1. The first-order valence-electron chi connectivity index (χ1n) is 9.17. The van der Waals surface area contributed by atoms with E-state index < -0.39 is 11.6 Å². The number of methoxy groups -OCH3 is 3. The van der Waals surface area contributed by atoms with Crippen LogP contribution >= 0.6 is 0 Å². The summed E-state index contributed by atoms with van der Waals surface area (Å²) >= 11 is 0. The summed E-state index contributed by atoms with van der Waals surface area (Å²) in [4.78, 5) is 14.6. The minimum atomic E-state index is -0.947. The summed E-state index contributed by atoms with van der Waals surface area (Å²) in [5.74, 6) is -0.502. The van der Waals surface area contributed by atoms with Crippen molar-refractivity contribution in [2.75, 3.05) is 34.4 Å². The predicted molar refractivity (Wildman–Crippen MR) is 102 cm³/mol. The van der Waals surface area contributed by atoms with E-state index >= 15 is 0 Å². The van der Waals surface area contributed by atoms with Crippen molar-refractivity contribution in [1.29, 1.82) is 0 Å². The van der Waals surface area contributed by atoms with Crippen molar-refractivity contribution in [3.8, 4) is 23.0 Å². The Kier molecular flexibility index (Phi) is 6.41. The fourth-order valence-corrected chi connectivity index (χ4v) is 3.31. The Morgan fingerprint density at radius 2 is 1.55 bits per heavy atom. The number of amides is 1. The lowest BCUT2D eigenvalue weighted by Crippen LogP contribution is -2.41. The Hall–Kier alpha value is -3.03. The van der Waals surface area contributed by atoms with Crippen molar-refractivity contribution in [2.24, 2.45) is 0 Å². The molecule has 3 rings (SSSR count). The van der Waals surface area contributed by atoms with Crippen molar-refractivity contribution in [3.63, 3.8) is 0 Å². The lowest BCUT2D eigenvalue weighted by atomic mass is 10.1. The van der Waals surface area contributed by atoms with Crippen molar-refractivity contribution in [2.45, 2.75) is 18.9 Å². The van der Waals surface area contributed by atoms with Crippen molar-refractivity contribution >= 4 is 5.91 Å². The first-order valence-corrected chi connectivity index (χ1v) is 9.17. The quantitative estimate of drug-likeness (QED) is 0.731. The molecule has 0 bridgehead atoms. The van der Waals surface area contributed by atoms with E-state index in [1.807, 2.05) is 0 Å². The van der Waals surface area contributed by atoms with Crippen LogP contribution in [0.15, 0.2) is 30.3 Å². The third-order valence-corrected chi connectivity index (χ3v) is 4.83. The monoisotopic (exact) mass is 407 g/mol. The molecule has 2 aromatic carbocycles. The van der Waals surface area contributed by atoms with E-state index in [0.29, 0.717) is 48.7 Å². The zero-order chi connectivity index (χ0) is 21.0. The van der Waals surface area contributed by atoms with Crippen LogP contribution in [-0.4, -0.2) is 51.3 Å². The molecule has 6 nitrogen and oxygen atoms in total. The first kappa shape index (κ1) is 20.7. The Bertz CT molecular complexity index is 856. The molecule has 0 spiro atoms. The summed E-state index contributed by atoms with van der Waals surface area (Å²) in [5, 5.41) is 0. The van der Waals surface area contributed by atoms with E-state index in [1.54, 1.807) is 17.0 Å². The Morgan fingerprint density at radius 3 is 2.07 bits per heavy atom. The van der Waals surface area contributed by atoms with Crippen LogP contribution in [0.3, 0.4) is 0 Å². The molecule has 0 N–H and O–H groups in total. The molecule has 1 fully saturated rings. The second-order valence-corrected chi connectivity index (χ2v) is 6.60. The maximum atomic E-state index is 13.3. The molecular formula is C21H23F2NO5. The van der Waals surface area contributed by atoms with Gasteiger partial charge in [-0.2, -0.15) is 0 Å². The van der Waals surface area contributed by atoms with Gasteiger partial charge in [0, 0.05) is 37.6 Å². The number of hydrogen-bond donors (Lipinski definition) is 0. The zero-order valence-corrected chi connectivity index (χ0v) is 16.5. The van der Waals surface area contributed by atoms with Crippen LogP contribution < -0.4 is 18.9 Å². The summed E-state index contributed by atoms with van der Waals surface area (Å²) in [6, 6.07) is 6.70. The smallest absolute Gasteiger partial charge is 0.254 e. The highest BCUT2D eigenvalue weighted by atomic mass is 19.2. The van der Waals surface area contributed by atoms with Gasteiger partial charge in [-0.25, -0.2) is 8.78 Å². The summed E-state index contributed by atoms with van der Waals surface area (Å²) in [7, 11) is 4.49. The first-order chi connectivity index (χ1) is 14.0. The number of benzene rings is 2. The molecular weight excluding hydrogens is 384 g/mol. The number of carbonyl (C=O) groups is 1. The van der Waals surface area contributed by atoms with Gasteiger partial charge in [-0.1, -0.05) is 0 Å². The SMILES string of the molecule is COc1cc(C(=O)N2CCC(Oc3ccc(F)c(F)c3)CC2)cc(OC)c1OC. The number of piperidine rings is 1. The molecule has 1 amide bonds. The van der Waals surface area contributed by atoms with E-state index in [2.05, 4.69) is 0 Å². The van der Waals surface area contributed by atoms with E-state index in [-0.39, 0.29) is 17.8 Å². The molecule has 0 radical (unpaired) electrons. The van der Waals surface area contributed by atoms with Crippen molar-refractivity contribution in [3.05, 3.63) is 47.5 Å². The van der Waals surface area contributed by atoms with Crippen LogP contribution in [0.1, 0.15) is 23.2 Å². The normalized spacial score (nSPS) is 14.4. The van der Waals surface area contributed by atoms with Gasteiger partial charge in [0.15, 0.2) is 23.1 Å². The maximum absolute atomic E-state index is 13.3. The minimum Gasteiger partial charge on any atom is -0.493 e. The molecule has 0 unspecified atom stereocenters. The molecule has 29 heavy (non-hydrogen) atoms. The third kappa shape index (κ3) is 4.52. The molecule has 0 aliphatic carbocycles. The lowest BCUT2D eigenvalue weighted by molar-refractivity contribution is 0.0594. The average Bonchev–Trinajstić information content (AvgIpc) is 2.75. The molecule has 8 heteroatoms. The van der Waals surface area contributed by atoms with Gasteiger partial charge in [0.25, 0.3) is 5.91 Å². The minimum absolute atomic E-state index is 0.157. The van der Waals surface area contributed by atoms with Gasteiger partial charge >= 0.3 is 0 Å². The Labute approximate surface area is 167 Å².